The monoisotopic (exact) mass is 427 g/mol. The van der Waals surface area contributed by atoms with Gasteiger partial charge < -0.3 is 15.4 Å². The van der Waals surface area contributed by atoms with Crippen molar-refractivity contribution < 1.29 is 4.74 Å². The molecule has 1 aromatic carbocycles. The molecule has 0 amide bonds. The maximum absolute atomic E-state index is 5.16. The van der Waals surface area contributed by atoms with E-state index in [2.05, 4.69) is 70.7 Å². The van der Waals surface area contributed by atoms with Crippen LogP contribution < -0.4 is 10.6 Å². The number of fused-ring (bicyclic) bond motifs is 1. The van der Waals surface area contributed by atoms with Crippen LogP contribution in [-0.2, 0) is 37.4 Å². The number of rotatable bonds is 10. The van der Waals surface area contributed by atoms with E-state index in [0.29, 0.717) is 13.2 Å². The van der Waals surface area contributed by atoms with Crippen LogP contribution in [0.1, 0.15) is 50.0 Å². The number of aromatic nitrogens is 3. The number of methoxy groups -OCH3 is 1. The van der Waals surface area contributed by atoms with Gasteiger partial charge in [0.25, 0.3) is 0 Å². The molecule has 1 aliphatic heterocycles. The number of nitrogens with zero attached hydrogens (tertiary/aromatic N) is 5. The maximum atomic E-state index is 5.16. The predicted molar refractivity (Wildman–Crippen MR) is 124 cm³/mol. The summed E-state index contributed by atoms with van der Waals surface area (Å²) in [7, 11) is 1.67. The van der Waals surface area contributed by atoms with Crippen molar-refractivity contribution in [2.75, 3.05) is 26.7 Å². The van der Waals surface area contributed by atoms with Gasteiger partial charge in [0, 0.05) is 32.7 Å². The zero-order valence-corrected chi connectivity index (χ0v) is 19.4. The first-order valence-corrected chi connectivity index (χ1v) is 11.4. The number of nitrogens with one attached hydrogen (secondary N) is 2. The van der Waals surface area contributed by atoms with E-state index >= 15 is 0 Å². The summed E-state index contributed by atoms with van der Waals surface area (Å²) in [5.74, 6) is 2.64. The van der Waals surface area contributed by atoms with Crippen molar-refractivity contribution in [2.45, 2.75) is 65.9 Å². The Morgan fingerprint density at radius 2 is 1.94 bits per heavy atom. The molecule has 0 bridgehead atoms. The van der Waals surface area contributed by atoms with E-state index in [1.54, 1.807) is 7.11 Å². The number of aryl methyl sites for hydroxylation is 1. The number of benzene rings is 1. The van der Waals surface area contributed by atoms with Crippen molar-refractivity contribution in [3.05, 3.63) is 47.0 Å². The fourth-order valence-corrected chi connectivity index (χ4v) is 3.81. The van der Waals surface area contributed by atoms with Gasteiger partial charge in [-0.1, -0.05) is 38.1 Å². The van der Waals surface area contributed by atoms with Gasteiger partial charge in [0.2, 0.25) is 0 Å². The van der Waals surface area contributed by atoms with Gasteiger partial charge in [0.15, 0.2) is 11.8 Å². The highest BCUT2D eigenvalue weighted by Crippen LogP contribution is 2.14. The third-order valence-corrected chi connectivity index (χ3v) is 5.60. The van der Waals surface area contributed by atoms with E-state index in [0.717, 1.165) is 63.2 Å². The molecular formula is C23H37N7O. The number of aliphatic imine (C=N–C) groups is 1. The van der Waals surface area contributed by atoms with Gasteiger partial charge in [-0.3, -0.25) is 4.90 Å². The molecule has 0 saturated carbocycles. The molecule has 8 heteroatoms. The van der Waals surface area contributed by atoms with Crippen LogP contribution in [0, 0.1) is 0 Å². The van der Waals surface area contributed by atoms with E-state index in [4.69, 9.17) is 9.73 Å². The normalized spacial score (nSPS) is 16.4. The number of hydrogen-bond acceptors (Lipinski definition) is 5. The fourth-order valence-electron chi connectivity index (χ4n) is 3.81. The van der Waals surface area contributed by atoms with Gasteiger partial charge in [-0.15, -0.1) is 0 Å². The SMILES string of the molecule is CCNC(=NCc1ccc(CN(CC)CC)cc1)NC1CCc2nc(COC)nn2C1. The highest BCUT2D eigenvalue weighted by Gasteiger charge is 2.22. The summed E-state index contributed by atoms with van der Waals surface area (Å²) in [6.07, 6.45) is 1.91. The molecular weight excluding hydrogens is 390 g/mol. The molecule has 0 saturated heterocycles. The summed E-state index contributed by atoms with van der Waals surface area (Å²) in [5, 5.41) is 11.5. The summed E-state index contributed by atoms with van der Waals surface area (Å²) in [4.78, 5) is 11.8. The molecule has 0 fully saturated rings. The van der Waals surface area contributed by atoms with Crippen LogP contribution in [0.3, 0.4) is 0 Å². The van der Waals surface area contributed by atoms with Gasteiger partial charge in [-0.05, 0) is 37.6 Å². The third-order valence-electron chi connectivity index (χ3n) is 5.60. The molecule has 1 atom stereocenters. The van der Waals surface area contributed by atoms with Crippen molar-refractivity contribution in [1.82, 2.24) is 30.3 Å². The lowest BCUT2D eigenvalue weighted by molar-refractivity contribution is 0.177. The third kappa shape index (κ3) is 6.77. The second-order valence-corrected chi connectivity index (χ2v) is 7.91. The van der Waals surface area contributed by atoms with E-state index in [1.165, 1.54) is 11.1 Å². The molecule has 3 rings (SSSR count). The summed E-state index contributed by atoms with van der Waals surface area (Å²) >= 11 is 0. The second-order valence-electron chi connectivity index (χ2n) is 7.91. The Morgan fingerprint density at radius 3 is 2.61 bits per heavy atom. The van der Waals surface area contributed by atoms with Crippen molar-refractivity contribution in [1.29, 1.82) is 0 Å². The Labute approximate surface area is 186 Å². The fraction of sp³-hybridized carbons (Fsp3) is 0.609. The first-order chi connectivity index (χ1) is 15.1. The Morgan fingerprint density at radius 1 is 1.19 bits per heavy atom. The minimum Gasteiger partial charge on any atom is -0.377 e. The van der Waals surface area contributed by atoms with Crippen LogP contribution in [0.4, 0.5) is 0 Å². The van der Waals surface area contributed by atoms with Gasteiger partial charge >= 0.3 is 0 Å². The largest absolute Gasteiger partial charge is 0.377 e. The second kappa shape index (κ2) is 11.8. The van der Waals surface area contributed by atoms with Gasteiger partial charge in [-0.25, -0.2) is 14.7 Å². The number of ether oxygens (including phenoxy) is 1. The smallest absolute Gasteiger partial charge is 0.191 e. The minimum absolute atomic E-state index is 0.277. The van der Waals surface area contributed by atoms with E-state index in [1.807, 2.05) is 4.68 Å². The first kappa shape index (κ1) is 23.2. The van der Waals surface area contributed by atoms with E-state index < -0.39 is 0 Å². The Bertz CT molecular complexity index is 827. The van der Waals surface area contributed by atoms with Crippen LogP contribution in [-0.4, -0.2) is 58.4 Å². The minimum atomic E-state index is 0.277. The zero-order valence-electron chi connectivity index (χ0n) is 19.4. The summed E-state index contributed by atoms with van der Waals surface area (Å²) in [6.45, 7) is 12.4. The first-order valence-electron chi connectivity index (χ1n) is 11.4. The van der Waals surface area contributed by atoms with E-state index in [-0.39, 0.29) is 6.04 Å². The van der Waals surface area contributed by atoms with Gasteiger partial charge in [0.1, 0.15) is 12.4 Å². The lowest BCUT2D eigenvalue weighted by Gasteiger charge is -2.25. The predicted octanol–water partition coefficient (Wildman–Crippen LogP) is 2.34. The molecule has 31 heavy (non-hydrogen) atoms. The van der Waals surface area contributed by atoms with Crippen LogP contribution >= 0.6 is 0 Å². The van der Waals surface area contributed by atoms with Crippen LogP contribution in [0.25, 0.3) is 0 Å². The maximum Gasteiger partial charge on any atom is 0.191 e. The zero-order chi connectivity index (χ0) is 22.1. The number of hydrogen-bond donors (Lipinski definition) is 2. The quantitative estimate of drug-likeness (QED) is 0.448. The highest BCUT2D eigenvalue weighted by atomic mass is 16.5. The van der Waals surface area contributed by atoms with Crippen molar-refractivity contribution in [3.63, 3.8) is 0 Å². The Hall–Kier alpha value is -2.45. The molecule has 0 spiro atoms. The van der Waals surface area contributed by atoms with Crippen molar-refractivity contribution in [3.8, 4) is 0 Å². The molecule has 2 aromatic rings. The lowest BCUT2D eigenvalue weighted by Crippen LogP contribution is -2.47. The van der Waals surface area contributed by atoms with Crippen LogP contribution in [0.2, 0.25) is 0 Å². The van der Waals surface area contributed by atoms with Crippen molar-refractivity contribution in [2.24, 2.45) is 4.99 Å². The topological polar surface area (TPSA) is 79.6 Å². The molecule has 0 radical (unpaired) electrons. The lowest BCUT2D eigenvalue weighted by atomic mass is 10.1. The van der Waals surface area contributed by atoms with Crippen molar-refractivity contribution >= 4 is 5.96 Å². The molecule has 8 nitrogen and oxygen atoms in total. The summed E-state index contributed by atoms with van der Waals surface area (Å²) in [6, 6.07) is 9.08. The van der Waals surface area contributed by atoms with Crippen LogP contribution in [0.5, 0.6) is 0 Å². The highest BCUT2D eigenvalue weighted by molar-refractivity contribution is 5.80. The molecule has 1 unspecified atom stereocenters. The average Bonchev–Trinajstić information content (AvgIpc) is 3.18. The Kier molecular flexibility index (Phi) is 8.85. The molecule has 1 aromatic heterocycles. The summed E-state index contributed by atoms with van der Waals surface area (Å²) < 4.78 is 7.15. The molecule has 2 N–H and O–H groups in total. The molecule has 1 aliphatic rings. The molecule has 2 heterocycles. The van der Waals surface area contributed by atoms with Crippen LogP contribution in [0.15, 0.2) is 29.3 Å². The number of guanidine groups is 1. The summed E-state index contributed by atoms with van der Waals surface area (Å²) in [5.41, 5.74) is 2.56. The average molecular weight is 428 g/mol. The molecule has 170 valence electrons. The van der Waals surface area contributed by atoms with Gasteiger partial charge in [0.05, 0.1) is 13.1 Å². The molecule has 0 aliphatic carbocycles. The standard InChI is InChI=1S/C23H37N7O/c1-5-24-23(25-14-18-8-10-19(11-9-18)15-29(6-2)7-3)26-20-12-13-22-27-21(17-31-4)28-30(22)16-20/h8-11,20H,5-7,12-17H2,1-4H3,(H2,24,25,26). The Balaban J connectivity index is 1.57. The van der Waals surface area contributed by atoms with Gasteiger partial charge in [-0.2, -0.15) is 5.10 Å². The van der Waals surface area contributed by atoms with E-state index in [9.17, 15) is 0 Å².